The predicted octanol–water partition coefficient (Wildman–Crippen LogP) is 1.90. The third kappa shape index (κ3) is 3.69. The summed E-state index contributed by atoms with van der Waals surface area (Å²) in [6, 6.07) is 11.5. The van der Waals surface area contributed by atoms with E-state index in [1.54, 1.807) is 18.8 Å². The summed E-state index contributed by atoms with van der Waals surface area (Å²) in [6.07, 6.45) is 1.55. The van der Waals surface area contributed by atoms with Gasteiger partial charge < -0.3 is 9.30 Å². The highest BCUT2D eigenvalue weighted by molar-refractivity contribution is 5.72. The van der Waals surface area contributed by atoms with E-state index in [-0.39, 0.29) is 12.1 Å². The molecule has 0 unspecified atom stereocenters. The van der Waals surface area contributed by atoms with E-state index in [1.165, 1.54) is 9.13 Å². The topological polar surface area (TPSA) is 88.9 Å². The average Bonchev–Trinajstić information content (AvgIpc) is 3.41. The summed E-state index contributed by atoms with van der Waals surface area (Å²) in [4.78, 5) is 31.4. The Kier molecular flexibility index (Phi) is 6.09. The zero-order chi connectivity index (χ0) is 22.8. The number of aromatic nitrogens is 6. The minimum absolute atomic E-state index is 0.190. The lowest BCUT2D eigenvalue weighted by Crippen LogP contribution is -2.40. The number of nitrogens with zero attached hydrogens (tertiary/aromatic N) is 6. The lowest BCUT2D eigenvalue weighted by Gasteiger charge is -2.11. The second kappa shape index (κ2) is 8.96. The molecule has 3 heterocycles. The van der Waals surface area contributed by atoms with E-state index < -0.39 is 5.69 Å². The van der Waals surface area contributed by atoms with Crippen LogP contribution in [0.3, 0.4) is 0 Å². The molecule has 9 nitrogen and oxygen atoms in total. The van der Waals surface area contributed by atoms with Crippen molar-refractivity contribution in [1.82, 2.24) is 28.5 Å². The van der Waals surface area contributed by atoms with Gasteiger partial charge in [-0.05, 0) is 24.5 Å². The molecular formula is C23H28N6O3. The Morgan fingerprint density at radius 1 is 1.03 bits per heavy atom. The van der Waals surface area contributed by atoms with Crippen molar-refractivity contribution in [1.29, 1.82) is 0 Å². The average molecular weight is 437 g/mol. The summed E-state index contributed by atoms with van der Waals surface area (Å²) in [5.74, 6) is 0.512. The quantitative estimate of drug-likeness (QED) is 0.421. The first-order valence-electron chi connectivity index (χ1n) is 10.8. The van der Waals surface area contributed by atoms with E-state index in [2.05, 4.69) is 6.92 Å². The lowest BCUT2D eigenvalue weighted by molar-refractivity contribution is 0.188. The Morgan fingerprint density at radius 2 is 1.78 bits per heavy atom. The smallest absolute Gasteiger partial charge is 0.332 e. The van der Waals surface area contributed by atoms with E-state index in [0.29, 0.717) is 30.3 Å². The summed E-state index contributed by atoms with van der Waals surface area (Å²) in [6.45, 7) is 5.09. The molecule has 0 aliphatic heterocycles. The molecule has 0 radical (unpaired) electrons. The van der Waals surface area contributed by atoms with Crippen LogP contribution < -0.4 is 11.2 Å². The molecule has 0 N–H and O–H groups in total. The van der Waals surface area contributed by atoms with Gasteiger partial charge in [-0.1, -0.05) is 44.2 Å². The maximum Gasteiger partial charge on any atom is 0.332 e. The monoisotopic (exact) mass is 436 g/mol. The molecule has 0 aliphatic carbocycles. The summed E-state index contributed by atoms with van der Waals surface area (Å²) >= 11 is 0. The molecule has 168 valence electrons. The minimum Gasteiger partial charge on any atom is -0.383 e. The molecule has 0 fully saturated rings. The van der Waals surface area contributed by atoms with Crippen LogP contribution in [0.4, 0.5) is 0 Å². The zero-order valence-corrected chi connectivity index (χ0v) is 18.9. The number of imidazole rings is 1. The lowest BCUT2D eigenvalue weighted by atomic mass is 10.2. The van der Waals surface area contributed by atoms with Crippen molar-refractivity contribution in [3.05, 3.63) is 74.2 Å². The molecule has 0 saturated carbocycles. The largest absolute Gasteiger partial charge is 0.383 e. The molecule has 4 aromatic rings. The fourth-order valence-corrected chi connectivity index (χ4v) is 3.89. The van der Waals surface area contributed by atoms with Gasteiger partial charge in [0.1, 0.15) is 0 Å². The number of hydrogen-bond acceptors (Lipinski definition) is 5. The van der Waals surface area contributed by atoms with Gasteiger partial charge in [-0.3, -0.25) is 13.9 Å². The van der Waals surface area contributed by atoms with Gasteiger partial charge in [0, 0.05) is 26.4 Å². The molecule has 0 atom stereocenters. The maximum atomic E-state index is 13.6. The van der Waals surface area contributed by atoms with Crippen LogP contribution in [0, 0.1) is 0 Å². The van der Waals surface area contributed by atoms with Gasteiger partial charge in [-0.2, -0.15) is 10.1 Å². The molecule has 9 heteroatoms. The Labute approximate surface area is 185 Å². The zero-order valence-electron chi connectivity index (χ0n) is 18.9. The van der Waals surface area contributed by atoms with E-state index in [0.717, 1.165) is 29.8 Å². The molecule has 3 aromatic heterocycles. The molecule has 0 spiro atoms. The normalized spacial score (nSPS) is 11.5. The molecule has 0 saturated heterocycles. The predicted molar refractivity (Wildman–Crippen MR) is 123 cm³/mol. The third-order valence-corrected chi connectivity index (χ3v) is 5.66. The molecule has 32 heavy (non-hydrogen) atoms. The highest BCUT2D eigenvalue weighted by Crippen LogP contribution is 2.18. The van der Waals surface area contributed by atoms with Crippen molar-refractivity contribution >= 4 is 11.2 Å². The summed E-state index contributed by atoms with van der Waals surface area (Å²) in [7, 11) is 3.26. The highest BCUT2D eigenvalue weighted by atomic mass is 16.5. The Bertz CT molecular complexity index is 1360. The molecular weight excluding hydrogens is 408 g/mol. The number of rotatable bonds is 8. The van der Waals surface area contributed by atoms with Crippen molar-refractivity contribution in [3.63, 3.8) is 0 Å². The Hall–Kier alpha value is -3.46. The van der Waals surface area contributed by atoms with E-state index in [4.69, 9.17) is 14.8 Å². The SMILES string of the molecule is CCc1cc(CC)n(-c2nc3c(c(=O)n(Cc4ccccc4)c(=O)n3C)n2CCOC)n1. The molecule has 1 aromatic carbocycles. The number of hydrogen-bond donors (Lipinski definition) is 0. The minimum atomic E-state index is -0.403. The third-order valence-electron chi connectivity index (χ3n) is 5.66. The molecule has 0 bridgehead atoms. The van der Waals surface area contributed by atoms with E-state index >= 15 is 0 Å². The second-order valence-corrected chi connectivity index (χ2v) is 7.69. The van der Waals surface area contributed by atoms with E-state index in [1.807, 2.05) is 47.9 Å². The molecule has 4 rings (SSSR count). The van der Waals surface area contributed by atoms with Crippen LogP contribution in [0.2, 0.25) is 0 Å². The van der Waals surface area contributed by atoms with Crippen LogP contribution in [-0.2, 0) is 37.7 Å². The Morgan fingerprint density at radius 3 is 2.44 bits per heavy atom. The van der Waals surface area contributed by atoms with Gasteiger partial charge in [0.15, 0.2) is 11.2 Å². The molecule has 0 amide bonds. The maximum absolute atomic E-state index is 13.6. The Balaban J connectivity index is 2.00. The van der Waals surface area contributed by atoms with Crippen molar-refractivity contribution in [2.45, 2.75) is 39.8 Å². The van der Waals surface area contributed by atoms with E-state index in [9.17, 15) is 9.59 Å². The van der Waals surface area contributed by atoms with Crippen LogP contribution in [0.15, 0.2) is 46.0 Å². The summed E-state index contributed by atoms with van der Waals surface area (Å²) in [5, 5.41) is 4.70. The molecule has 0 aliphatic rings. The highest BCUT2D eigenvalue weighted by Gasteiger charge is 2.23. The van der Waals surface area contributed by atoms with Crippen molar-refractivity contribution in [2.24, 2.45) is 7.05 Å². The first-order chi connectivity index (χ1) is 15.5. The second-order valence-electron chi connectivity index (χ2n) is 7.69. The van der Waals surface area contributed by atoms with Gasteiger partial charge in [0.2, 0.25) is 5.95 Å². The first-order valence-corrected chi connectivity index (χ1v) is 10.8. The van der Waals surface area contributed by atoms with Crippen LogP contribution in [0.1, 0.15) is 30.8 Å². The van der Waals surface area contributed by atoms with Gasteiger partial charge in [-0.15, -0.1) is 0 Å². The van der Waals surface area contributed by atoms with Gasteiger partial charge in [-0.25, -0.2) is 9.48 Å². The van der Waals surface area contributed by atoms with Crippen molar-refractivity contribution in [2.75, 3.05) is 13.7 Å². The van der Waals surface area contributed by atoms with Crippen LogP contribution in [0.25, 0.3) is 17.1 Å². The first kappa shape index (κ1) is 21.8. The van der Waals surface area contributed by atoms with Crippen molar-refractivity contribution in [3.8, 4) is 5.95 Å². The summed E-state index contributed by atoms with van der Waals surface area (Å²) < 4.78 is 11.6. The fraction of sp³-hybridized carbons (Fsp3) is 0.391. The van der Waals surface area contributed by atoms with Crippen LogP contribution >= 0.6 is 0 Å². The summed E-state index contributed by atoms with van der Waals surface area (Å²) in [5.41, 5.74) is 2.74. The number of benzene rings is 1. The van der Waals surface area contributed by atoms with Gasteiger partial charge in [0.25, 0.3) is 5.56 Å². The number of aryl methyl sites for hydroxylation is 3. The van der Waals surface area contributed by atoms with Gasteiger partial charge >= 0.3 is 5.69 Å². The van der Waals surface area contributed by atoms with Gasteiger partial charge in [0.05, 0.1) is 18.8 Å². The number of ether oxygens (including phenoxy) is 1. The standard InChI is InChI=1S/C23H28N6O3/c1-5-17-14-18(6-2)29(25-17)22-24-20-19(27(22)12-13-32-4)21(30)28(23(31)26(20)3)15-16-10-8-7-9-11-16/h7-11,14H,5-6,12-13,15H2,1-4H3. The van der Waals surface area contributed by atoms with Crippen LogP contribution in [0.5, 0.6) is 0 Å². The number of methoxy groups -OCH3 is 1. The van der Waals surface area contributed by atoms with Crippen LogP contribution in [-0.4, -0.2) is 42.2 Å². The number of fused-ring (bicyclic) bond motifs is 1. The van der Waals surface area contributed by atoms with Crippen molar-refractivity contribution < 1.29 is 4.74 Å². The fourth-order valence-electron chi connectivity index (χ4n) is 3.89.